The first-order chi connectivity index (χ1) is 16.6. The Morgan fingerprint density at radius 3 is 2.46 bits per heavy atom. The monoisotopic (exact) mass is 488 g/mol. The first-order valence-electron chi connectivity index (χ1n) is 11.1. The zero-order valence-corrected chi connectivity index (χ0v) is 19.5. The molecule has 13 heteroatoms. The molecule has 0 unspecified atom stereocenters. The van der Waals surface area contributed by atoms with Crippen molar-refractivity contribution < 1.29 is 33.9 Å². The maximum absolute atomic E-state index is 13.4. The molecule has 0 saturated carbocycles. The molecule has 13 nitrogen and oxygen atoms in total. The van der Waals surface area contributed by atoms with Crippen LogP contribution >= 0.6 is 0 Å². The number of nitrogens with one attached hydrogen (secondary N) is 2. The van der Waals surface area contributed by atoms with Gasteiger partial charge < -0.3 is 20.1 Å². The Morgan fingerprint density at radius 1 is 1.17 bits per heavy atom. The predicted octanol–water partition coefficient (Wildman–Crippen LogP) is -0.410. The topological polar surface area (TPSA) is 160 Å². The number of benzene rings is 1. The molecule has 0 bridgehead atoms. The van der Waals surface area contributed by atoms with Crippen LogP contribution in [-0.2, 0) is 19.2 Å². The third kappa shape index (κ3) is 5.86. The Morgan fingerprint density at radius 2 is 1.86 bits per heavy atom. The number of carboxylic acids is 1. The lowest BCUT2D eigenvalue weighted by molar-refractivity contribution is -0.155. The van der Waals surface area contributed by atoms with E-state index < -0.39 is 48.2 Å². The molecule has 0 spiro atoms. The van der Waals surface area contributed by atoms with Crippen molar-refractivity contribution in [3.8, 4) is 0 Å². The minimum absolute atomic E-state index is 0.0770. The van der Waals surface area contributed by atoms with Gasteiger partial charge in [-0.05, 0) is 37.1 Å². The van der Waals surface area contributed by atoms with Crippen molar-refractivity contribution in [2.24, 2.45) is 0 Å². The number of rotatable bonds is 8. The van der Waals surface area contributed by atoms with Crippen molar-refractivity contribution in [2.75, 3.05) is 32.1 Å². The summed E-state index contributed by atoms with van der Waals surface area (Å²) in [5.41, 5.74) is 3.69. The van der Waals surface area contributed by atoms with E-state index in [0.29, 0.717) is 18.3 Å². The lowest BCUT2D eigenvalue weighted by atomic mass is 10.1. The minimum Gasteiger partial charge on any atom is -0.481 e. The van der Waals surface area contributed by atoms with Crippen LogP contribution in [0.15, 0.2) is 24.3 Å². The molecule has 0 aromatic heterocycles. The number of urea groups is 1. The average Bonchev–Trinajstić information content (AvgIpc) is 2.95. The number of amides is 5. The van der Waals surface area contributed by atoms with Crippen molar-refractivity contribution in [1.29, 1.82) is 0 Å². The van der Waals surface area contributed by atoms with Gasteiger partial charge in [0.05, 0.1) is 19.0 Å². The molecule has 188 valence electrons. The standard InChI is InChI=1S/C22H28N6O7/c1-25(2)16-7-5-14(6-8-16)20(33)24-26-11-9-18(30)27-10-3-4-17(28(27)22(26)35)21(34)23-15(13-29)12-19(31)32/h5-8,13,15,17H,3-4,9-12H2,1-2H3,(H,23,34)(H,24,33)(H,31,32)/t15-,17-/m0/s1. The molecule has 2 fully saturated rings. The van der Waals surface area contributed by atoms with E-state index >= 15 is 0 Å². The van der Waals surface area contributed by atoms with Crippen molar-refractivity contribution in [3.05, 3.63) is 29.8 Å². The fraction of sp³-hybridized carbons (Fsp3) is 0.455. The number of aliphatic carboxylic acids is 1. The highest BCUT2D eigenvalue weighted by molar-refractivity contribution is 5.97. The molecule has 5 amide bonds. The van der Waals surface area contributed by atoms with Gasteiger partial charge in [-0.2, -0.15) is 0 Å². The molecule has 2 aliphatic rings. The highest BCUT2D eigenvalue weighted by Gasteiger charge is 2.44. The SMILES string of the molecule is CN(C)c1ccc(C(=O)NN2CCC(=O)N3CCC[C@@H](C(=O)N[C@H](C=O)CC(=O)O)N3C2=O)cc1. The summed E-state index contributed by atoms with van der Waals surface area (Å²) in [7, 11) is 3.72. The van der Waals surface area contributed by atoms with Gasteiger partial charge >= 0.3 is 12.0 Å². The molecule has 2 heterocycles. The zero-order chi connectivity index (χ0) is 25.7. The number of carboxylic acid groups (broad SMARTS) is 1. The van der Waals surface area contributed by atoms with Crippen LogP contribution in [-0.4, -0.2) is 95.4 Å². The average molecular weight is 489 g/mol. The molecule has 3 N–H and O–H groups in total. The van der Waals surface area contributed by atoms with Crippen LogP contribution in [0.1, 0.15) is 36.0 Å². The Hall–Kier alpha value is -4.16. The number of hydrogen-bond acceptors (Lipinski definition) is 7. The number of hydrazine groups is 2. The summed E-state index contributed by atoms with van der Waals surface area (Å²) in [6, 6.07) is 3.47. The van der Waals surface area contributed by atoms with Gasteiger partial charge in [0.1, 0.15) is 12.3 Å². The quantitative estimate of drug-likeness (QED) is 0.416. The van der Waals surface area contributed by atoms with Crippen LogP contribution in [0.3, 0.4) is 0 Å². The van der Waals surface area contributed by atoms with Gasteiger partial charge in [0.25, 0.3) is 5.91 Å². The van der Waals surface area contributed by atoms with E-state index in [-0.39, 0.29) is 25.9 Å². The number of carbonyl (C=O) groups is 6. The smallest absolute Gasteiger partial charge is 0.358 e. The fourth-order valence-electron chi connectivity index (χ4n) is 3.91. The van der Waals surface area contributed by atoms with Crippen LogP contribution in [0.5, 0.6) is 0 Å². The van der Waals surface area contributed by atoms with Crippen molar-refractivity contribution in [3.63, 3.8) is 0 Å². The predicted molar refractivity (Wildman–Crippen MR) is 122 cm³/mol. The Bertz CT molecular complexity index is 1010. The molecule has 0 radical (unpaired) electrons. The lowest BCUT2D eigenvalue weighted by Crippen LogP contribution is -2.64. The first-order valence-corrected chi connectivity index (χ1v) is 11.1. The summed E-state index contributed by atoms with van der Waals surface area (Å²) in [5, 5.41) is 14.4. The second-order valence-electron chi connectivity index (χ2n) is 8.43. The molecule has 0 aliphatic carbocycles. The van der Waals surface area contributed by atoms with E-state index in [2.05, 4.69) is 10.7 Å². The van der Waals surface area contributed by atoms with E-state index in [0.717, 1.165) is 15.7 Å². The van der Waals surface area contributed by atoms with Crippen LogP contribution < -0.4 is 15.6 Å². The van der Waals surface area contributed by atoms with Gasteiger partial charge in [-0.3, -0.25) is 24.6 Å². The van der Waals surface area contributed by atoms with Crippen molar-refractivity contribution in [1.82, 2.24) is 25.8 Å². The molecule has 1 aromatic rings. The maximum atomic E-state index is 13.4. The van der Waals surface area contributed by atoms with Crippen LogP contribution in [0.2, 0.25) is 0 Å². The van der Waals surface area contributed by atoms with Gasteiger partial charge in [-0.15, -0.1) is 0 Å². The molecular weight excluding hydrogens is 460 g/mol. The third-order valence-electron chi connectivity index (χ3n) is 5.74. The summed E-state index contributed by atoms with van der Waals surface area (Å²) >= 11 is 0. The highest BCUT2D eigenvalue weighted by Crippen LogP contribution is 2.24. The van der Waals surface area contributed by atoms with E-state index in [1.807, 2.05) is 19.0 Å². The van der Waals surface area contributed by atoms with Crippen LogP contribution in [0.4, 0.5) is 10.5 Å². The molecule has 2 atom stereocenters. The maximum Gasteiger partial charge on any atom is 0.358 e. The Balaban J connectivity index is 1.79. The van der Waals surface area contributed by atoms with Crippen LogP contribution in [0.25, 0.3) is 0 Å². The third-order valence-corrected chi connectivity index (χ3v) is 5.74. The number of carbonyl (C=O) groups excluding carboxylic acids is 5. The molecule has 2 saturated heterocycles. The number of hydrogen-bond donors (Lipinski definition) is 3. The Labute approximate surface area is 201 Å². The van der Waals surface area contributed by atoms with E-state index in [1.165, 1.54) is 5.01 Å². The zero-order valence-electron chi connectivity index (χ0n) is 19.5. The summed E-state index contributed by atoms with van der Waals surface area (Å²) in [6.45, 7) is 0.102. The molecule has 35 heavy (non-hydrogen) atoms. The van der Waals surface area contributed by atoms with Gasteiger partial charge in [0, 0.05) is 38.3 Å². The first kappa shape index (κ1) is 25.5. The second kappa shape index (κ2) is 10.8. The van der Waals surface area contributed by atoms with Gasteiger partial charge in [-0.1, -0.05) is 0 Å². The number of nitrogens with zero attached hydrogens (tertiary/aromatic N) is 4. The number of anilines is 1. The van der Waals surface area contributed by atoms with Gasteiger partial charge in [0.15, 0.2) is 0 Å². The molecule has 2 aliphatic heterocycles. The van der Waals surface area contributed by atoms with E-state index in [4.69, 9.17) is 5.11 Å². The number of aldehydes is 1. The van der Waals surface area contributed by atoms with Crippen molar-refractivity contribution in [2.45, 2.75) is 37.8 Å². The molecule has 1 aromatic carbocycles. The van der Waals surface area contributed by atoms with E-state index in [9.17, 15) is 28.8 Å². The summed E-state index contributed by atoms with van der Waals surface area (Å²) in [4.78, 5) is 75.8. The largest absolute Gasteiger partial charge is 0.481 e. The molecule has 3 rings (SSSR count). The second-order valence-corrected chi connectivity index (χ2v) is 8.43. The number of fused-ring (bicyclic) bond motifs is 1. The molecular formula is C22H28N6O7. The lowest BCUT2D eigenvalue weighted by Gasteiger charge is -2.42. The Kier molecular flexibility index (Phi) is 7.89. The van der Waals surface area contributed by atoms with Gasteiger partial charge in [-0.25, -0.2) is 19.8 Å². The van der Waals surface area contributed by atoms with Crippen molar-refractivity contribution >= 4 is 41.7 Å². The van der Waals surface area contributed by atoms with E-state index in [1.54, 1.807) is 24.3 Å². The normalized spacial score (nSPS) is 18.8. The minimum atomic E-state index is -1.28. The van der Waals surface area contributed by atoms with Crippen LogP contribution in [0, 0.1) is 0 Å². The summed E-state index contributed by atoms with van der Waals surface area (Å²) in [6.07, 6.45) is 0.215. The summed E-state index contributed by atoms with van der Waals surface area (Å²) < 4.78 is 0. The highest BCUT2D eigenvalue weighted by atomic mass is 16.4. The summed E-state index contributed by atoms with van der Waals surface area (Å²) in [5.74, 6) is -3.01. The fourth-order valence-corrected chi connectivity index (χ4v) is 3.91. The van der Waals surface area contributed by atoms with Gasteiger partial charge in [0.2, 0.25) is 11.8 Å².